The van der Waals surface area contributed by atoms with Crippen LogP contribution >= 0.6 is 0 Å². The summed E-state index contributed by atoms with van der Waals surface area (Å²) >= 11 is 0. The number of nitro groups is 2. The minimum Gasteiger partial charge on any atom is -0.400 e. The molecule has 26 heavy (non-hydrogen) atoms. The van der Waals surface area contributed by atoms with Gasteiger partial charge in [0.25, 0.3) is 0 Å². The summed E-state index contributed by atoms with van der Waals surface area (Å²) in [6, 6.07) is 4.65. The minimum absolute atomic E-state index is 0.0187. The number of amides is 2. The van der Waals surface area contributed by atoms with Gasteiger partial charge in [0, 0.05) is 0 Å². The van der Waals surface area contributed by atoms with Gasteiger partial charge in [0.2, 0.25) is 0 Å². The highest BCUT2D eigenvalue weighted by Crippen LogP contribution is 2.14. The van der Waals surface area contributed by atoms with E-state index in [9.17, 15) is 29.8 Å². The Bertz CT molecular complexity index is 836. The largest absolute Gasteiger partial charge is 0.433 e. The lowest BCUT2D eigenvalue weighted by Gasteiger charge is -1.96. The monoisotopic (exact) mass is 364 g/mol. The Morgan fingerprint density at radius 1 is 0.846 bits per heavy atom. The molecule has 134 valence electrons. The zero-order chi connectivity index (χ0) is 19.1. The zero-order valence-electron chi connectivity index (χ0n) is 12.5. The van der Waals surface area contributed by atoms with Gasteiger partial charge >= 0.3 is 23.6 Å². The van der Waals surface area contributed by atoms with E-state index >= 15 is 0 Å². The molecule has 0 atom stereocenters. The van der Waals surface area contributed by atoms with E-state index in [-0.39, 0.29) is 11.5 Å². The van der Waals surface area contributed by atoms with Gasteiger partial charge < -0.3 is 8.83 Å². The first-order valence-electron chi connectivity index (χ1n) is 6.51. The van der Waals surface area contributed by atoms with Gasteiger partial charge in [-0.3, -0.25) is 29.8 Å². The molecule has 2 amide bonds. The van der Waals surface area contributed by atoms with Crippen molar-refractivity contribution >= 4 is 36.0 Å². The fraction of sp³-hybridized carbons (Fsp3) is 0. The topological polar surface area (TPSA) is 195 Å². The third-order valence-electron chi connectivity index (χ3n) is 2.51. The van der Waals surface area contributed by atoms with Crippen molar-refractivity contribution in [3.8, 4) is 0 Å². The van der Waals surface area contributed by atoms with Gasteiger partial charge in [0.1, 0.15) is 9.85 Å². The third-order valence-corrected chi connectivity index (χ3v) is 2.51. The number of hydrogen-bond acceptors (Lipinski definition) is 10. The molecule has 0 aliphatic heterocycles. The number of carbonyl (C=O) groups excluding carboxylic acids is 2. The zero-order valence-corrected chi connectivity index (χ0v) is 12.5. The average Bonchev–Trinajstić information content (AvgIpc) is 3.24. The van der Waals surface area contributed by atoms with E-state index in [0.29, 0.717) is 0 Å². The summed E-state index contributed by atoms with van der Waals surface area (Å²) in [6.07, 6.45) is 1.90. The number of nitrogens with zero attached hydrogens (tertiary/aromatic N) is 4. The molecule has 2 aromatic rings. The maximum absolute atomic E-state index is 11.4. The lowest BCUT2D eigenvalue weighted by Crippen LogP contribution is -2.35. The molecule has 0 unspecified atom stereocenters. The summed E-state index contributed by atoms with van der Waals surface area (Å²) in [5, 5.41) is 27.6. The first kappa shape index (κ1) is 18.0. The molecule has 0 fully saturated rings. The van der Waals surface area contributed by atoms with Crippen LogP contribution in [0.4, 0.5) is 11.8 Å². The van der Waals surface area contributed by atoms with E-state index in [2.05, 4.69) is 10.2 Å². The Labute approximate surface area is 142 Å². The lowest BCUT2D eigenvalue weighted by atomic mass is 10.5. The van der Waals surface area contributed by atoms with Crippen LogP contribution in [-0.2, 0) is 9.59 Å². The second-order valence-electron chi connectivity index (χ2n) is 4.26. The van der Waals surface area contributed by atoms with Crippen LogP contribution in [0.5, 0.6) is 0 Å². The second-order valence-corrected chi connectivity index (χ2v) is 4.26. The van der Waals surface area contributed by atoms with Crippen molar-refractivity contribution in [1.82, 2.24) is 10.9 Å². The van der Waals surface area contributed by atoms with Crippen molar-refractivity contribution in [1.29, 1.82) is 0 Å². The Morgan fingerprint density at radius 3 is 1.54 bits per heavy atom. The average molecular weight is 364 g/mol. The number of carbonyl (C=O) groups is 2. The summed E-state index contributed by atoms with van der Waals surface area (Å²) in [5.41, 5.74) is 3.68. The fourth-order valence-electron chi connectivity index (χ4n) is 1.43. The SMILES string of the molecule is O=C(NN=Cc1ccc([N+](=O)[O-])o1)C(=O)N/N=C/c1ccc([N+](=O)[O-])o1. The number of rotatable bonds is 6. The van der Waals surface area contributed by atoms with Crippen LogP contribution in [0.15, 0.2) is 43.3 Å². The lowest BCUT2D eigenvalue weighted by molar-refractivity contribution is -0.402. The number of hydrogen-bond donors (Lipinski definition) is 2. The van der Waals surface area contributed by atoms with Crippen molar-refractivity contribution in [2.45, 2.75) is 0 Å². The van der Waals surface area contributed by atoms with Gasteiger partial charge in [0.05, 0.1) is 24.6 Å². The second kappa shape index (κ2) is 7.95. The predicted molar refractivity (Wildman–Crippen MR) is 82.2 cm³/mol. The van der Waals surface area contributed by atoms with Crippen molar-refractivity contribution in [2.24, 2.45) is 10.2 Å². The van der Waals surface area contributed by atoms with Crippen molar-refractivity contribution in [3.05, 3.63) is 56.0 Å². The van der Waals surface area contributed by atoms with Crippen LogP contribution in [0.1, 0.15) is 11.5 Å². The molecule has 0 bridgehead atoms. The number of nitrogens with one attached hydrogen (secondary N) is 2. The molecule has 14 heteroatoms. The maximum atomic E-state index is 11.4. The van der Waals surface area contributed by atoms with Gasteiger partial charge in [-0.1, -0.05) is 0 Å². The molecular weight excluding hydrogens is 356 g/mol. The molecule has 2 aromatic heterocycles. The highest BCUT2D eigenvalue weighted by atomic mass is 16.7. The molecule has 0 aliphatic carbocycles. The van der Waals surface area contributed by atoms with Gasteiger partial charge in [0.15, 0.2) is 11.5 Å². The predicted octanol–water partition coefficient (Wildman–Crippen LogP) is 0.289. The standard InChI is InChI=1S/C12H8N6O8/c19-11(15-13-5-7-1-3-9(25-7)17(21)22)12(20)16-14-6-8-2-4-10(26-8)18(23)24/h1-6H,(H,15,19)(H,16,20)/b13-5+,14-6?. The van der Waals surface area contributed by atoms with Crippen LogP contribution in [0.25, 0.3) is 0 Å². The third kappa shape index (κ3) is 4.82. The molecule has 2 N–H and O–H groups in total. The molecule has 14 nitrogen and oxygen atoms in total. The molecule has 0 saturated carbocycles. The van der Waals surface area contributed by atoms with Crippen LogP contribution in [0.3, 0.4) is 0 Å². The molecule has 2 heterocycles. The number of furan rings is 2. The summed E-state index contributed by atoms with van der Waals surface area (Å²) < 4.78 is 9.48. The van der Waals surface area contributed by atoms with E-state index in [4.69, 9.17) is 8.83 Å². The fourth-order valence-corrected chi connectivity index (χ4v) is 1.43. The Morgan fingerprint density at radius 2 is 1.23 bits per heavy atom. The maximum Gasteiger partial charge on any atom is 0.433 e. The van der Waals surface area contributed by atoms with E-state index in [0.717, 1.165) is 24.6 Å². The summed E-state index contributed by atoms with van der Waals surface area (Å²) in [7, 11) is 0. The molecule has 0 aliphatic rings. The molecule has 0 radical (unpaired) electrons. The smallest absolute Gasteiger partial charge is 0.400 e. The first-order valence-corrected chi connectivity index (χ1v) is 6.51. The van der Waals surface area contributed by atoms with Gasteiger partial charge in [-0.05, 0) is 12.1 Å². The summed E-state index contributed by atoms with van der Waals surface area (Å²) in [4.78, 5) is 42.2. The minimum atomic E-state index is -1.19. The molecule has 0 aromatic carbocycles. The van der Waals surface area contributed by atoms with Gasteiger partial charge in [-0.25, -0.2) is 10.9 Å². The van der Waals surface area contributed by atoms with Crippen molar-refractivity contribution in [3.63, 3.8) is 0 Å². The Hall–Kier alpha value is -4.36. The van der Waals surface area contributed by atoms with Crippen molar-refractivity contribution < 1.29 is 28.3 Å². The van der Waals surface area contributed by atoms with Crippen LogP contribution in [-0.4, -0.2) is 34.1 Å². The summed E-state index contributed by atoms with van der Waals surface area (Å²) in [6.45, 7) is 0. The molecule has 0 saturated heterocycles. The van der Waals surface area contributed by atoms with Crippen LogP contribution in [0.2, 0.25) is 0 Å². The van der Waals surface area contributed by atoms with E-state index in [1.54, 1.807) is 0 Å². The molecule has 2 rings (SSSR count). The molecular formula is C12H8N6O8. The van der Waals surface area contributed by atoms with Crippen molar-refractivity contribution in [2.75, 3.05) is 0 Å². The first-order chi connectivity index (χ1) is 12.4. The molecule has 0 spiro atoms. The normalized spacial score (nSPS) is 10.9. The number of hydrazone groups is 2. The van der Waals surface area contributed by atoms with Gasteiger partial charge in [-0.2, -0.15) is 10.2 Å². The highest BCUT2D eigenvalue weighted by molar-refractivity contribution is 6.35. The summed E-state index contributed by atoms with van der Waals surface area (Å²) in [5.74, 6) is -3.44. The van der Waals surface area contributed by atoms with E-state index in [1.807, 2.05) is 10.9 Å². The highest BCUT2D eigenvalue weighted by Gasteiger charge is 2.13. The Balaban J connectivity index is 1.81. The quantitative estimate of drug-likeness (QED) is 0.315. The Kier molecular flexibility index (Phi) is 5.50. The van der Waals surface area contributed by atoms with Crippen LogP contribution in [0, 0.1) is 20.2 Å². The van der Waals surface area contributed by atoms with E-state index in [1.165, 1.54) is 12.1 Å². The van der Waals surface area contributed by atoms with Crippen LogP contribution < -0.4 is 10.9 Å². The van der Waals surface area contributed by atoms with E-state index < -0.39 is 33.4 Å². The van der Waals surface area contributed by atoms with Gasteiger partial charge in [-0.15, -0.1) is 0 Å².